The molecule has 2 unspecified atom stereocenters. The molecule has 2 atom stereocenters. The predicted molar refractivity (Wildman–Crippen MR) is 88.1 cm³/mol. The Morgan fingerprint density at radius 3 is 2.50 bits per heavy atom. The number of piperidine rings is 1. The van der Waals surface area contributed by atoms with E-state index in [0.717, 1.165) is 19.4 Å². The second kappa shape index (κ2) is 7.16. The van der Waals surface area contributed by atoms with E-state index in [9.17, 15) is 8.42 Å². The fourth-order valence-electron chi connectivity index (χ4n) is 2.51. The minimum absolute atomic E-state index is 0.0995. The summed E-state index contributed by atoms with van der Waals surface area (Å²) in [4.78, 5) is 0.142. The fourth-order valence-corrected chi connectivity index (χ4v) is 4.90. The van der Waals surface area contributed by atoms with Crippen LogP contribution in [0.15, 0.2) is 21.5 Å². The first-order valence-corrected chi connectivity index (χ1v) is 9.34. The Hall–Kier alpha value is -0.830. The van der Waals surface area contributed by atoms with E-state index in [-0.39, 0.29) is 17.0 Å². The number of halogens is 1. The molecule has 0 saturated carbocycles. The summed E-state index contributed by atoms with van der Waals surface area (Å²) in [7, 11) is -0.673. The molecule has 0 aromatic heterocycles. The monoisotopic (exact) mass is 392 g/mol. The van der Waals surface area contributed by atoms with E-state index in [1.807, 2.05) is 6.92 Å². The molecule has 0 aliphatic carbocycles. The molecule has 0 spiro atoms. The maximum Gasteiger partial charge on any atom is 0.242 e. The van der Waals surface area contributed by atoms with Gasteiger partial charge in [-0.1, -0.05) is 0 Å². The first-order valence-electron chi connectivity index (χ1n) is 7.06. The first kappa shape index (κ1) is 17.5. The highest BCUT2D eigenvalue weighted by Crippen LogP contribution is 2.35. The van der Waals surface area contributed by atoms with E-state index < -0.39 is 10.0 Å². The van der Waals surface area contributed by atoms with Gasteiger partial charge in [0.15, 0.2) is 11.5 Å². The SMILES string of the molecule is COc1cc(Br)c(S(=O)(=O)NC2CCCNC2C)cc1OC. The molecule has 1 aromatic carbocycles. The lowest BCUT2D eigenvalue weighted by Crippen LogP contribution is -2.51. The molecule has 8 heteroatoms. The Kier molecular flexibility index (Phi) is 5.70. The third kappa shape index (κ3) is 3.73. The number of ether oxygens (including phenoxy) is 2. The van der Waals surface area contributed by atoms with E-state index in [2.05, 4.69) is 26.0 Å². The summed E-state index contributed by atoms with van der Waals surface area (Å²) in [6.07, 6.45) is 1.77. The number of hydrogen-bond acceptors (Lipinski definition) is 5. The zero-order valence-corrected chi connectivity index (χ0v) is 15.3. The molecular formula is C14H21BrN2O4S. The van der Waals surface area contributed by atoms with Crippen molar-refractivity contribution in [3.63, 3.8) is 0 Å². The van der Waals surface area contributed by atoms with Gasteiger partial charge in [0.1, 0.15) is 4.90 Å². The Balaban J connectivity index is 2.32. The van der Waals surface area contributed by atoms with Gasteiger partial charge in [-0.15, -0.1) is 0 Å². The summed E-state index contributed by atoms with van der Waals surface area (Å²) in [5.74, 6) is 0.849. The lowest BCUT2D eigenvalue weighted by molar-refractivity contribution is 0.347. The molecule has 2 rings (SSSR count). The molecule has 6 nitrogen and oxygen atoms in total. The molecule has 1 fully saturated rings. The van der Waals surface area contributed by atoms with Gasteiger partial charge in [0.05, 0.1) is 14.2 Å². The van der Waals surface area contributed by atoms with Crippen LogP contribution in [0, 0.1) is 0 Å². The van der Waals surface area contributed by atoms with E-state index in [1.165, 1.54) is 20.3 Å². The van der Waals surface area contributed by atoms with Crippen LogP contribution in [0.2, 0.25) is 0 Å². The highest BCUT2D eigenvalue weighted by molar-refractivity contribution is 9.10. The summed E-state index contributed by atoms with van der Waals surface area (Å²) in [6.45, 7) is 2.90. The largest absolute Gasteiger partial charge is 0.493 e. The van der Waals surface area contributed by atoms with Gasteiger partial charge in [-0.2, -0.15) is 0 Å². The first-order chi connectivity index (χ1) is 10.4. The Morgan fingerprint density at radius 1 is 1.27 bits per heavy atom. The Bertz CT molecular complexity index is 636. The van der Waals surface area contributed by atoms with Crippen LogP contribution in [-0.2, 0) is 10.0 Å². The van der Waals surface area contributed by atoms with Gasteiger partial charge in [-0.05, 0) is 48.3 Å². The van der Waals surface area contributed by atoms with Crippen LogP contribution in [0.5, 0.6) is 11.5 Å². The van der Waals surface area contributed by atoms with Crippen molar-refractivity contribution < 1.29 is 17.9 Å². The maximum atomic E-state index is 12.7. The molecule has 124 valence electrons. The highest BCUT2D eigenvalue weighted by atomic mass is 79.9. The van der Waals surface area contributed by atoms with Gasteiger partial charge >= 0.3 is 0 Å². The van der Waals surface area contributed by atoms with E-state index in [4.69, 9.17) is 9.47 Å². The molecular weight excluding hydrogens is 372 g/mol. The summed E-state index contributed by atoms with van der Waals surface area (Å²) >= 11 is 3.30. The smallest absolute Gasteiger partial charge is 0.242 e. The summed E-state index contributed by atoms with van der Waals surface area (Å²) < 4.78 is 38.9. The second-order valence-electron chi connectivity index (χ2n) is 5.25. The van der Waals surface area contributed by atoms with Crippen LogP contribution in [0.4, 0.5) is 0 Å². The van der Waals surface area contributed by atoms with Gasteiger partial charge in [0.25, 0.3) is 0 Å². The summed E-state index contributed by atoms with van der Waals surface area (Å²) in [6, 6.07) is 3.03. The third-order valence-corrected chi connectivity index (χ3v) is 6.24. The molecule has 22 heavy (non-hydrogen) atoms. The van der Waals surface area contributed by atoms with Crippen molar-refractivity contribution >= 4 is 26.0 Å². The molecule has 1 aliphatic rings. The van der Waals surface area contributed by atoms with Crippen molar-refractivity contribution in [1.29, 1.82) is 0 Å². The lowest BCUT2D eigenvalue weighted by Gasteiger charge is -2.30. The van der Waals surface area contributed by atoms with Crippen molar-refractivity contribution in [2.75, 3.05) is 20.8 Å². The van der Waals surface area contributed by atoms with Crippen LogP contribution in [0.25, 0.3) is 0 Å². The molecule has 0 bridgehead atoms. The van der Waals surface area contributed by atoms with Crippen LogP contribution >= 0.6 is 15.9 Å². The van der Waals surface area contributed by atoms with Gasteiger partial charge in [-0.3, -0.25) is 0 Å². The number of rotatable bonds is 5. The molecule has 1 saturated heterocycles. The van der Waals surface area contributed by atoms with Crippen molar-refractivity contribution in [2.45, 2.75) is 36.7 Å². The summed E-state index contributed by atoms with van der Waals surface area (Å²) in [5, 5.41) is 3.28. The molecule has 0 amide bonds. The predicted octanol–water partition coefficient (Wildman–Crippen LogP) is 1.89. The molecule has 0 radical (unpaired) electrons. The molecule has 1 aliphatic heterocycles. The van der Waals surface area contributed by atoms with E-state index >= 15 is 0 Å². The third-order valence-electron chi connectivity index (χ3n) is 3.80. The zero-order valence-electron chi connectivity index (χ0n) is 12.8. The van der Waals surface area contributed by atoms with Crippen LogP contribution in [0.3, 0.4) is 0 Å². The minimum atomic E-state index is -3.65. The van der Waals surface area contributed by atoms with Crippen LogP contribution < -0.4 is 19.5 Å². The lowest BCUT2D eigenvalue weighted by atomic mass is 10.0. The number of hydrogen-bond donors (Lipinski definition) is 2. The fraction of sp³-hybridized carbons (Fsp3) is 0.571. The number of benzene rings is 1. The number of nitrogens with one attached hydrogen (secondary N) is 2. The number of methoxy groups -OCH3 is 2. The molecule has 1 heterocycles. The highest BCUT2D eigenvalue weighted by Gasteiger charge is 2.28. The Labute approximate surface area is 139 Å². The normalized spacial score (nSPS) is 22.4. The summed E-state index contributed by atoms with van der Waals surface area (Å²) in [5.41, 5.74) is 0. The van der Waals surface area contributed by atoms with Gasteiger partial charge in [0.2, 0.25) is 10.0 Å². The van der Waals surface area contributed by atoms with Crippen molar-refractivity contribution in [3.05, 3.63) is 16.6 Å². The zero-order chi connectivity index (χ0) is 16.3. The quantitative estimate of drug-likeness (QED) is 0.799. The topological polar surface area (TPSA) is 76.7 Å². The van der Waals surface area contributed by atoms with E-state index in [0.29, 0.717) is 16.0 Å². The van der Waals surface area contributed by atoms with Crippen molar-refractivity contribution in [2.24, 2.45) is 0 Å². The maximum absolute atomic E-state index is 12.7. The standard InChI is InChI=1S/C14H21BrN2O4S/c1-9-11(5-4-6-16-9)17-22(18,19)14-8-13(21-3)12(20-2)7-10(14)15/h7-9,11,16-17H,4-6H2,1-3H3. The van der Waals surface area contributed by atoms with Crippen LogP contribution in [-0.4, -0.2) is 41.3 Å². The molecule has 2 N–H and O–H groups in total. The number of sulfonamides is 1. The van der Waals surface area contributed by atoms with Crippen molar-refractivity contribution in [3.8, 4) is 11.5 Å². The van der Waals surface area contributed by atoms with Gasteiger partial charge in [-0.25, -0.2) is 13.1 Å². The van der Waals surface area contributed by atoms with Crippen molar-refractivity contribution in [1.82, 2.24) is 10.0 Å². The second-order valence-corrected chi connectivity index (χ2v) is 7.79. The molecule has 1 aromatic rings. The van der Waals surface area contributed by atoms with Gasteiger partial charge in [0, 0.05) is 22.6 Å². The Morgan fingerprint density at radius 2 is 1.91 bits per heavy atom. The minimum Gasteiger partial charge on any atom is -0.493 e. The average Bonchev–Trinajstić information content (AvgIpc) is 2.48. The van der Waals surface area contributed by atoms with Gasteiger partial charge < -0.3 is 14.8 Å². The average molecular weight is 393 g/mol. The van der Waals surface area contributed by atoms with E-state index in [1.54, 1.807) is 6.07 Å². The van der Waals surface area contributed by atoms with Crippen LogP contribution in [0.1, 0.15) is 19.8 Å².